The van der Waals surface area contributed by atoms with E-state index in [-0.39, 0.29) is 27.8 Å². The lowest BCUT2D eigenvalue weighted by Gasteiger charge is -2.14. The summed E-state index contributed by atoms with van der Waals surface area (Å²) in [5, 5.41) is 12.5. The van der Waals surface area contributed by atoms with Gasteiger partial charge in [0.15, 0.2) is 21.3 Å². The third-order valence-corrected chi connectivity index (χ3v) is 4.00. The number of ether oxygens (including phenoxy) is 2. The van der Waals surface area contributed by atoms with Crippen molar-refractivity contribution >= 4 is 15.8 Å². The highest BCUT2D eigenvalue weighted by Crippen LogP contribution is 2.42. The number of rotatable bonds is 5. The van der Waals surface area contributed by atoms with Crippen LogP contribution in [0.25, 0.3) is 11.3 Å². The number of carbonyl (C=O) groups is 1. The number of hydrogen-bond acceptors (Lipinski definition) is 7. The van der Waals surface area contributed by atoms with Crippen LogP contribution in [0.5, 0.6) is 11.5 Å². The van der Waals surface area contributed by atoms with Gasteiger partial charge in [-0.2, -0.15) is 0 Å². The molecule has 0 aliphatic heterocycles. The maximum atomic E-state index is 11.8. The largest absolute Gasteiger partial charge is 0.492 e. The molecule has 0 fully saturated rings. The van der Waals surface area contributed by atoms with E-state index in [4.69, 9.17) is 14.6 Å². The van der Waals surface area contributed by atoms with Gasteiger partial charge in [0.1, 0.15) is 10.6 Å². The highest BCUT2D eigenvalue weighted by Gasteiger charge is 2.24. The molecule has 0 radical (unpaired) electrons. The second-order valence-electron chi connectivity index (χ2n) is 4.33. The molecule has 1 aromatic heterocycles. The number of methoxy groups -OCH3 is 2. The number of nitrogens with zero attached hydrogens (tertiary/aromatic N) is 1. The van der Waals surface area contributed by atoms with Crippen molar-refractivity contribution in [3.63, 3.8) is 0 Å². The molecule has 22 heavy (non-hydrogen) atoms. The number of carboxylic acid groups (broad SMARTS) is 1. The van der Waals surface area contributed by atoms with Crippen molar-refractivity contribution in [3.05, 3.63) is 24.0 Å². The fourth-order valence-electron chi connectivity index (χ4n) is 1.94. The topological polar surface area (TPSA) is 116 Å². The minimum absolute atomic E-state index is 0.0161. The summed E-state index contributed by atoms with van der Waals surface area (Å²) in [5.74, 6) is -1.47. The Hall–Kier alpha value is -2.55. The van der Waals surface area contributed by atoms with Gasteiger partial charge >= 0.3 is 5.97 Å². The molecule has 0 unspecified atom stereocenters. The van der Waals surface area contributed by atoms with Crippen molar-refractivity contribution < 1.29 is 32.3 Å². The zero-order chi connectivity index (χ0) is 16.5. The fraction of sp³-hybridized carbons (Fsp3) is 0.231. The lowest BCUT2D eigenvalue weighted by atomic mass is 10.1. The summed E-state index contributed by atoms with van der Waals surface area (Å²) in [6.07, 6.45) is 1.04. The molecule has 0 bridgehead atoms. The Balaban J connectivity index is 2.69. The quantitative estimate of drug-likeness (QED) is 0.877. The van der Waals surface area contributed by atoms with E-state index in [0.29, 0.717) is 5.56 Å². The minimum atomic E-state index is -3.53. The van der Waals surface area contributed by atoms with Gasteiger partial charge in [0.25, 0.3) is 0 Å². The van der Waals surface area contributed by atoms with Gasteiger partial charge in [-0.15, -0.1) is 0 Å². The van der Waals surface area contributed by atoms with Crippen molar-refractivity contribution in [2.24, 2.45) is 0 Å². The first-order valence-corrected chi connectivity index (χ1v) is 7.84. The van der Waals surface area contributed by atoms with E-state index in [9.17, 15) is 13.2 Å². The summed E-state index contributed by atoms with van der Waals surface area (Å²) in [4.78, 5) is 10.8. The Morgan fingerprint density at radius 1 is 1.23 bits per heavy atom. The zero-order valence-corrected chi connectivity index (χ0v) is 12.8. The van der Waals surface area contributed by atoms with E-state index in [1.165, 1.54) is 32.4 Å². The zero-order valence-electron chi connectivity index (χ0n) is 12.0. The number of aromatic nitrogens is 1. The molecule has 0 atom stereocenters. The van der Waals surface area contributed by atoms with Crippen molar-refractivity contribution in [1.29, 1.82) is 0 Å². The van der Waals surface area contributed by atoms with Gasteiger partial charge in [-0.05, 0) is 12.1 Å². The van der Waals surface area contributed by atoms with Crippen LogP contribution in [-0.2, 0) is 9.84 Å². The smallest absolute Gasteiger partial charge is 0.374 e. The predicted octanol–water partition coefficient (Wildman–Crippen LogP) is 1.46. The van der Waals surface area contributed by atoms with Crippen molar-refractivity contribution in [2.75, 3.05) is 20.5 Å². The number of benzene rings is 1. The Labute approximate surface area is 126 Å². The Bertz CT molecular complexity index is 823. The lowest BCUT2D eigenvalue weighted by molar-refractivity contribution is 0.0652. The molecular formula is C13H13NO7S. The normalized spacial score (nSPS) is 11.2. The molecule has 0 aliphatic rings. The van der Waals surface area contributed by atoms with E-state index >= 15 is 0 Å². The molecule has 1 heterocycles. The Kier molecular flexibility index (Phi) is 4.09. The van der Waals surface area contributed by atoms with Gasteiger partial charge in [-0.3, -0.25) is 0 Å². The molecule has 9 heteroatoms. The van der Waals surface area contributed by atoms with Crippen LogP contribution in [0.15, 0.2) is 27.6 Å². The summed E-state index contributed by atoms with van der Waals surface area (Å²) in [6.45, 7) is 0. The van der Waals surface area contributed by atoms with E-state index in [2.05, 4.69) is 9.68 Å². The third-order valence-electron chi connectivity index (χ3n) is 2.88. The first kappa shape index (κ1) is 15.8. The van der Waals surface area contributed by atoms with Gasteiger partial charge in [0.2, 0.25) is 5.76 Å². The Morgan fingerprint density at radius 2 is 1.86 bits per heavy atom. The van der Waals surface area contributed by atoms with E-state index in [0.717, 1.165) is 6.26 Å². The average molecular weight is 327 g/mol. The third kappa shape index (κ3) is 2.75. The summed E-state index contributed by atoms with van der Waals surface area (Å²) in [5.41, 5.74) is 0.538. The van der Waals surface area contributed by atoms with Crippen LogP contribution in [0.2, 0.25) is 0 Å². The molecule has 0 spiro atoms. The van der Waals surface area contributed by atoms with Gasteiger partial charge in [-0.1, -0.05) is 5.16 Å². The van der Waals surface area contributed by atoms with E-state index < -0.39 is 15.8 Å². The van der Waals surface area contributed by atoms with Crippen LogP contribution in [0.1, 0.15) is 10.6 Å². The van der Waals surface area contributed by atoms with Crippen LogP contribution in [0.3, 0.4) is 0 Å². The second kappa shape index (κ2) is 5.68. The summed E-state index contributed by atoms with van der Waals surface area (Å²) < 4.78 is 38.6. The molecule has 118 valence electrons. The van der Waals surface area contributed by atoms with Crippen molar-refractivity contribution in [2.45, 2.75) is 4.90 Å². The molecule has 0 amide bonds. The predicted molar refractivity (Wildman–Crippen MR) is 75.1 cm³/mol. The highest BCUT2D eigenvalue weighted by molar-refractivity contribution is 7.90. The summed E-state index contributed by atoms with van der Waals surface area (Å²) in [6, 6.07) is 3.99. The number of carboxylic acids is 1. The first-order chi connectivity index (χ1) is 10.3. The molecule has 0 saturated heterocycles. The fourth-order valence-corrected chi connectivity index (χ4v) is 2.77. The van der Waals surface area contributed by atoms with E-state index in [1.54, 1.807) is 0 Å². The molecule has 1 N–H and O–H groups in total. The monoisotopic (exact) mass is 327 g/mol. The SMILES string of the molecule is COc1c(-c2cc(C(=O)O)on2)ccc(S(C)(=O)=O)c1OC. The van der Waals surface area contributed by atoms with Gasteiger partial charge in [0, 0.05) is 17.9 Å². The summed E-state index contributed by atoms with van der Waals surface area (Å²) in [7, 11) is -0.882. The minimum Gasteiger partial charge on any atom is -0.492 e. The molecule has 0 aliphatic carbocycles. The van der Waals surface area contributed by atoms with Crippen molar-refractivity contribution in [3.8, 4) is 22.8 Å². The maximum absolute atomic E-state index is 11.8. The Morgan fingerprint density at radius 3 is 2.32 bits per heavy atom. The van der Waals surface area contributed by atoms with Gasteiger partial charge < -0.3 is 19.1 Å². The molecular weight excluding hydrogens is 314 g/mol. The summed E-state index contributed by atoms with van der Waals surface area (Å²) >= 11 is 0. The highest BCUT2D eigenvalue weighted by atomic mass is 32.2. The average Bonchev–Trinajstić information content (AvgIpc) is 2.94. The van der Waals surface area contributed by atoms with Crippen molar-refractivity contribution in [1.82, 2.24) is 5.16 Å². The standard InChI is InChI=1S/C13H13NO7S/c1-19-11-7(8-6-9(13(15)16)21-14-8)4-5-10(12(11)20-2)22(3,17)18/h4-6H,1-3H3,(H,15,16). The van der Waals surface area contributed by atoms with Gasteiger partial charge in [-0.25, -0.2) is 13.2 Å². The van der Waals surface area contributed by atoms with Crippen LogP contribution in [0, 0.1) is 0 Å². The van der Waals surface area contributed by atoms with Gasteiger partial charge in [0.05, 0.1) is 14.2 Å². The number of hydrogen-bond donors (Lipinski definition) is 1. The van der Waals surface area contributed by atoms with Crippen LogP contribution < -0.4 is 9.47 Å². The molecule has 1 aromatic carbocycles. The number of sulfone groups is 1. The molecule has 2 rings (SSSR count). The lowest BCUT2D eigenvalue weighted by Crippen LogP contribution is -2.03. The van der Waals surface area contributed by atoms with Crippen LogP contribution in [-0.4, -0.2) is 45.1 Å². The van der Waals surface area contributed by atoms with Crippen LogP contribution in [0.4, 0.5) is 0 Å². The molecule has 0 saturated carbocycles. The second-order valence-corrected chi connectivity index (χ2v) is 6.32. The number of aromatic carboxylic acids is 1. The van der Waals surface area contributed by atoms with Crippen LogP contribution >= 0.6 is 0 Å². The van der Waals surface area contributed by atoms with E-state index in [1.807, 2.05) is 0 Å². The first-order valence-electron chi connectivity index (χ1n) is 5.95. The maximum Gasteiger partial charge on any atom is 0.374 e. The molecule has 2 aromatic rings. The molecule has 8 nitrogen and oxygen atoms in total.